The van der Waals surface area contributed by atoms with Gasteiger partial charge in [-0.05, 0) is 30.8 Å². The fraction of sp³-hybridized carbons (Fsp3) is 0.643. The van der Waals surface area contributed by atoms with Crippen LogP contribution in [0.5, 0.6) is 0 Å². The molecule has 3 unspecified atom stereocenters. The zero-order chi connectivity index (χ0) is 14.0. The summed E-state index contributed by atoms with van der Waals surface area (Å²) < 4.78 is 9.49. The van der Waals surface area contributed by atoms with Crippen LogP contribution in [0.3, 0.4) is 0 Å². The molecule has 3 atom stereocenters. The Morgan fingerprint density at radius 2 is 1.89 bits per heavy atom. The van der Waals surface area contributed by atoms with Crippen molar-refractivity contribution in [2.45, 2.75) is 25.7 Å². The lowest BCUT2D eigenvalue weighted by molar-refractivity contribution is -0.156. The molecular weight excluding hydrogens is 248 g/mol. The molecule has 0 heterocycles. The molecule has 2 rings (SSSR count). The molecule has 5 nitrogen and oxygen atoms in total. The van der Waals surface area contributed by atoms with E-state index in [9.17, 15) is 14.4 Å². The van der Waals surface area contributed by atoms with E-state index in [-0.39, 0.29) is 11.7 Å². The molecule has 5 heteroatoms. The van der Waals surface area contributed by atoms with Crippen molar-refractivity contribution in [2.75, 3.05) is 14.2 Å². The summed E-state index contributed by atoms with van der Waals surface area (Å²) in [5.41, 5.74) is 0.696. The van der Waals surface area contributed by atoms with Gasteiger partial charge in [-0.2, -0.15) is 0 Å². The van der Waals surface area contributed by atoms with Crippen LogP contribution in [0.2, 0.25) is 0 Å². The highest BCUT2D eigenvalue weighted by Crippen LogP contribution is 2.40. The first-order valence-electron chi connectivity index (χ1n) is 6.49. The smallest absolute Gasteiger partial charge is 0.313 e. The van der Waals surface area contributed by atoms with Gasteiger partial charge in [0, 0.05) is 6.42 Å². The number of hydrogen-bond acceptors (Lipinski definition) is 5. The van der Waals surface area contributed by atoms with E-state index in [0.717, 1.165) is 12.8 Å². The Balaban J connectivity index is 2.34. The van der Waals surface area contributed by atoms with Crippen LogP contribution in [0.25, 0.3) is 0 Å². The largest absolute Gasteiger partial charge is 0.469 e. The number of rotatable bonds is 2. The zero-order valence-electron chi connectivity index (χ0n) is 11.2. The first-order valence-corrected chi connectivity index (χ1v) is 6.49. The monoisotopic (exact) mass is 266 g/mol. The van der Waals surface area contributed by atoms with Crippen LogP contribution in [-0.2, 0) is 23.9 Å². The summed E-state index contributed by atoms with van der Waals surface area (Å²) in [6, 6.07) is 0. The molecule has 2 aliphatic rings. The van der Waals surface area contributed by atoms with Crippen LogP contribution in [0.1, 0.15) is 25.7 Å². The van der Waals surface area contributed by atoms with Gasteiger partial charge >= 0.3 is 11.9 Å². The predicted octanol–water partition coefficient (Wildman–Crippen LogP) is 1.26. The summed E-state index contributed by atoms with van der Waals surface area (Å²) >= 11 is 0. The molecule has 0 bridgehead atoms. The fourth-order valence-electron chi connectivity index (χ4n) is 3.04. The van der Waals surface area contributed by atoms with Crippen molar-refractivity contribution in [3.8, 4) is 0 Å². The third-order valence-corrected chi connectivity index (χ3v) is 4.03. The Bertz CT molecular complexity index is 437. The van der Waals surface area contributed by atoms with E-state index < -0.39 is 23.8 Å². The number of hydrogen-bond donors (Lipinski definition) is 0. The first kappa shape index (κ1) is 13.8. The summed E-state index contributed by atoms with van der Waals surface area (Å²) in [7, 11) is 2.59. The van der Waals surface area contributed by atoms with Crippen molar-refractivity contribution in [3.05, 3.63) is 11.6 Å². The third-order valence-electron chi connectivity index (χ3n) is 4.03. The van der Waals surface area contributed by atoms with Gasteiger partial charge < -0.3 is 9.47 Å². The molecular formula is C14H18O5. The molecule has 0 saturated heterocycles. The second kappa shape index (κ2) is 5.55. The van der Waals surface area contributed by atoms with E-state index in [1.54, 1.807) is 6.08 Å². The molecule has 1 saturated carbocycles. The molecule has 0 aromatic heterocycles. The van der Waals surface area contributed by atoms with Gasteiger partial charge in [0.25, 0.3) is 0 Å². The summed E-state index contributed by atoms with van der Waals surface area (Å²) in [5.74, 6) is -1.98. The third kappa shape index (κ3) is 2.55. The van der Waals surface area contributed by atoms with Gasteiger partial charge in [-0.25, -0.2) is 0 Å². The van der Waals surface area contributed by atoms with E-state index in [1.807, 2.05) is 0 Å². The van der Waals surface area contributed by atoms with Crippen LogP contribution >= 0.6 is 0 Å². The Hall–Kier alpha value is -1.65. The number of carbonyl (C=O) groups is 3. The second-order valence-corrected chi connectivity index (χ2v) is 5.05. The average molecular weight is 266 g/mol. The Kier molecular flexibility index (Phi) is 4.02. The molecule has 19 heavy (non-hydrogen) atoms. The summed E-state index contributed by atoms with van der Waals surface area (Å²) in [5, 5.41) is 0. The van der Waals surface area contributed by atoms with Crippen molar-refractivity contribution >= 4 is 17.7 Å². The molecule has 104 valence electrons. The Morgan fingerprint density at radius 1 is 1.21 bits per heavy atom. The highest BCUT2D eigenvalue weighted by molar-refractivity contribution is 5.98. The van der Waals surface area contributed by atoms with Gasteiger partial charge in [-0.1, -0.05) is 6.08 Å². The Labute approximate surface area is 111 Å². The standard InChI is InChI=1S/C14H18O5/c1-18-13(16)10-6-8-4-3-5-12(15)9(8)7-11(10)14(17)19-2/h7-8,10-11H,3-6H2,1-2H3. The summed E-state index contributed by atoms with van der Waals surface area (Å²) in [6.45, 7) is 0. The zero-order valence-corrected chi connectivity index (χ0v) is 11.2. The summed E-state index contributed by atoms with van der Waals surface area (Å²) in [6.07, 6.45) is 4.38. The minimum Gasteiger partial charge on any atom is -0.469 e. The normalized spacial score (nSPS) is 30.1. The number of allylic oxidation sites excluding steroid dienone is 1. The molecule has 0 amide bonds. The number of carbonyl (C=O) groups excluding carboxylic acids is 3. The highest BCUT2D eigenvalue weighted by Gasteiger charge is 2.42. The second-order valence-electron chi connectivity index (χ2n) is 5.05. The number of fused-ring (bicyclic) bond motifs is 1. The molecule has 0 aliphatic heterocycles. The molecule has 0 radical (unpaired) electrons. The van der Waals surface area contributed by atoms with Crippen molar-refractivity contribution in [3.63, 3.8) is 0 Å². The molecule has 0 spiro atoms. The minimum atomic E-state index is -0.703. The molecule has 2 aliphatic carbocycles. The molecule has 0 aromatic rings. The Morgan fingerprint density at radius 3 is 2.53 bits per heavy atom. The van der Waals surface area contributed by atoms with Crippen molar-refractivity contribution in [2.24, 2.45) is 17.8 Å². The van der Waals surface area contributed by atoms with Crippen molar-refractivity contribution in [1.82, 2.24) is 0 Å². The van der Waals surface area contributed by atoms with E-state index in [4.69, 9.17) is 9.47 Å². The van der Waals surface area contributed by atoms with Gasteiger partial charge in [0.2, 0.25) is 0 Å². The van der Waals surface area contributed by atoms with Gasteiger partial charge in [-0.15, -0.1) is 0 Å². The maximum atomic E-state index is 11.9. The van der Waals surface area contributed by atoms with Gasteiger partial charge in [0.05, 0.1) is 26.1 Å². The maximum Gasteiger partial charge on any atom is 0.313 e. The highest BCUT2D eigenvalue weighted by atomic mass is 16.5. The van der Waals surface area contributed by atoms with Crippen LogP contribution in [0, 0.1) is 17.8 Å². The summed E-state index contributed by atoms with van der Waals surface area (Å²) in [4.78, 5) is 35.5. The molecule has 1 fully saturated rings. The number of ketones is 1. The number of Topliss-reactive ketones (excluding diaryl/α,β-unsaturated/α-hetero) is 1. The van der Waals surface area contributed by atoms with E-state index >= 15 is 0 Å². The molecule has 0 aromatic carbocycles. The topological polar surface area (TPSA) is 69.7 Å². The minimum absolute atomic E-state index is 0.0752. The first-order chi connectivity index (χ1) is 9.08. The van der Waals surface area contributed by atoms with Gasteiger partial charge in [0.15, 0.2) is 5.78 Å². The number of ether oxygens (including phenoxy) is 2. The van der Waals surface area contributed by atoms with Crippen LogP contribution < -0.4 is 0 Å². The van der Waals surface area contributed by atoms with E-state index in [1.165, 1.54) is 14.2 Å². The van der Waals surface area contributed by atoms with Crippen LogP contribution in [0.15, 0.2) is 11.6 Å². The van der Waals surface area contributed by atoms with Crippen LogP contribution in [-0.4, -0.2) is 31.9 Å². The van der Waals surface area contributed by atoms with Gasteiger partial charge in [0.1, 0.15) is 0 Å². The fourth-order valence-corrected chi connectivity index (χ4v) is 3.04. The van der Waals surface area contributed by atoms with Gasteiger partial charge in [-0.3, -0.25) is 14.4 Å². The lowest BCUT2D eigenvalue weighted by atomic mass is 9.69. The molecule has 0 N–H and O–H groups in total. The maximum absolute atomic E-state index is 11.9. The number of esters is 2. The SMILES string of the molecule is COC(=O)C1C=C2C(=O)CCCC2CC1C(=O)OC. The van der Waals surface area contributed by atoms with Crippen molar-refractivity contribution < 1.29 is 23.9 Å². The number of methoxy groups -OCH3 is 2. The van der Waals surface area contributed by atoms with Crippen molar-refractivity contribution in [1.29, 1.82) is 0 Å². The quantitative estimate of drug-likeness (QED) is 0.704. The van der Waals surface area contributed by atoms with Crippen LogP contribution in [0.4, 0.5) is 0 Å². The van der Waals surface area contributed by atoms with E-state index in [2.05, 4.69) is 0 Å². The van der Waals surface area contributed by atoms with E-state index in [0.29, 0.717) is 18.4 Å². The lowest BCUT2D eigenvalue weighted by Gasteiger charge is -2.34. The predicted molar refractivity (Wildman–Crippen MR) is 66.1 cm³/mol. The lowest BCUT2D eigenvalue weighted by Crippen LogP contribution is -2.38. The average Bonchev–Trinajstić information content (AvgIpc) is 2.44.